The number of amides is 2. The highest BCUT2D eigenvalue weighted by Crippen LogP contribution is 2.23. The molecule has 10 heteroatoms. The van der Waals surface area contributed by atoms with Crippen LogP contribution in [-0.4, -0.2) is 44.3 Å². The third-order valence-corrected chi connectivity index (χ3v) is 5.28. The Kier molecular flexibility index (Phi) is 5.52. The number of aromatic nitrogens is 4. The standard InChI is InChI=1S/C19H17FN6O2S/c20-13-3-1-4-16(11-13)26-19(22-23-24-26)29-12-17(27)21-14-6-8-15(9-7-14)25-10-2-5-18(25)28/h1,3-4,6-9,11H,2,5,10,12H2,(H,21,27). The fourth-order valence-electron chi connectivity index (χ4n) is 3.01. The monoisotopic (exact) mass is 412 g/mol. The van der Waals surface area contributed by atoms with Gasteiger partial charge in [0.2, 0.25) is 17.0 Å². The summed E-state index contributed by atoms with van der Waals surface area (Å²) in [5.41, 5.74) is 1.94. The van der Waals surface area contributed by atoms with Crippen molar-refractivity contribution in [1.82, 2.24) is 20.2 Å². The Morgan fingerprint density at radius 1 is 1.17 bits per heavy atom. The van der Waals surface area contributed by atoms with Crippen molar-refractivity contribution in [2.75, 3.05) is 22.5 Å². The lowest BCUT2D eigenvalue weighted by molar-refractivity contribution is -0.117. The lowest BCUT2D eigenvalue weighted by Gasteiger charge is -2.16. The molecule has 2 aromatic carbocycles. The molecule has 0 unspecified atom stereocenters. The van der Waals surface area contributed by atoms with E-state index in [1.165, 1.54) is 16.8 Å². The summed E-state index contributed by atoms with van der Waals surface area (Å²) in [7, 11) is 0. The number of benzene rings is 2. The smallest absolute Gasteiger partial charge is 0.234 e. The molecular weight excluding hydrogens is 395 g/mol. The van der Waals surface area contributed by atoms with Gasteiger partial charge in [0.15, 0.2) is 0 Å². The number of hydrogen-bond donors (Lipinski definition) is 1. The SMILES string of the molecule is O=C(CSc1nnnn1-c1cccc(F)c1)Nc1ccc(N2CCCC2=O)cc1. The van der Waals surface area contributed by atoms with E-state index in [0.29, 0.717) is 23.0 Å². The Morgan fingerprint density at radius 3 is 2.72 bits per heavy atom. The molecule has 0 saturated carbocycles. The van der Waals surface area contributed by atoms with Crippen LogP contribution in [0.3, 0.4) is 0 Å². The van der Waals surface area contributed by atoms with Gasteiger partial charge in [-0.1, -0.05) is 17.8 Å². The van der Waals surface area contributed by atoms with Gasteiger partial charge >= 0.3 is 0 Å². The number of nitrogens with one attached hydrogen (secondary N) is 1. The molecule has 2 heterocycles. The first-order chi connectivity index (χ1) is 14.1. The second kappa shape index (κ2) is 8.39. The molecule has 3 aromatic rings. The number of nitrogens with zero attached hydrogens (tertiary/aromatic N) is 5. The quantitative estimate of drug-likeness (QED) is 0.626. The van der Waals surface area contributed by atoms with Gasteiger partial charge in [-0.2, -0.15) is 4.68 Å². The predicted molar refractivity (Wildman–Crippen MR) is 106 cm³/mol. The van der Waals surface area contributed by atoms with Crippen molar-refractivity contribution in [2.24, 2.45) is 0 Å². The van der Waals surface area contributed by atoms with Crippen molar-refractivity contribution in [3.8, 4) is 5.69 Å². The summed E-state index contributed by atoms with van der Waals surface area (Å²) >= 11 is 1.15. The number of carbonyl (C=O) groups is 2. The van der Waals surface area contributed by atoms with Crippen LogP contribution in [0.1, 0.15) is 12.8 Å². The first-order valence-electron chi connectivity index (χ1n) is 8.97. The van der Waals surface area contributed by atoms with Crippen molar-refractivity contribution >= 4 is 35.0 Å². The van der Waals surface area contributed by atoms with Crippen molar-refractivity contribution in [3.63, 3.8) is 0 Å². The largest absolute Gasteiger partial charge is 0.325 e. The number of thioether (sulfide) groups is 1. The average molecular weight is 412 g/mol. The lowest BCUT2D eigenvalue weighted by atomic mass is 10.2. The number of tetrazole rings is 1. The van der Waals surface area contributed by atoms with E-state index in [1.807, 2.05) is 12.1 Å². The summed E-state index contributed by atoms with van der Waals surface area (Å²) in [6.45, 7) is 0.723. The molecule has 4 rings (SSSR count). The van der Waals surface area contributed by atoms with Gasteiger partial charge in [0, 0.05) is 24.3 Å². The molecule has 1 N–H and O–H groups in total. The van der Waals surface area contributed by atoms with Gasteiger partial charge in [-0.15, -0.1) is 5.10 Å². The minimum Gasteiger partial charge on any atom is -0.325 e. The molecule has 8 nitrogen and oxygen atoms in total. The molecule has 1 saturated heterocycles. The average Bonchev–Trinajstić information content (AvgIpc) is 3.36. The Morgan fingerprint density at radius 2 is 2.00 bits per heavy atom. The number of halogens is 1. The highest BCUT2D eigenvalue weighted by molar-refractivity contribution is 7.99. The van der Waals surface area contributed by atoms with Gasteiger partial charge in [-0.3, -0.25) is 9.59 Å². The van der Waals surface area contributed by atoms with Crippen molar-refractivity contribution in [3.05, 3.63) is 54.3 Å². The Hall–Kier alpha value is -3.27. The van der Waals surface area contributed by atoms with Crippen LogP contribution >= 0.6 is 11.8 Å². The summed E-state index contributed by atoms with van der Waals surface area (Å²) in [5, 5.41) is 14.5. The minimum atomic E-state index is -0.397. The van der Waals surface area contributed by atoms with E-state index >= 15 is 0 Å². The second-order valence-electron chi connectivity index (χ2n) is 6.39. The molecule has 148 valence electrons. The van der Waals surface area contributed by atoms with Crippen LogP contribution in [0.2, 0.25) is 0 Å². The number of anilines is 2. The van der Waals surface area contributed by atoms with Crippen LogP contribution < -0.4 is 10.2 Å². The Balaban J connectivity index is 1.35. The summed E-state index contributed by atoms with van der Waals surface area (Å²) in [6.07, 6.45) is 1.44. The molecule has 0 aliphatic carbocycles. The van der Waals surface area contributed by atoms with E-state index in [0.717, 1.165) is 30.4 Å². The molecule has 1 fully saturated rings. The topological polar surface area (TPSA) is 93.0 Å². The molecule has 0 bridgehead atoms. The van der Waals surface area contributed by atoms with Crippen LogP contribution in [0.5, 0.6) is 0 Å². The van der Waals surface area contributed by atoms with Crippen molar-refractivity contribution < 1.29 is 14.0 Å². The van der Waals surface area contributed by atoms with E-state index in [1.54, 1.807) is 29.2 Å². The molecule has 0 atom stereocenters. The summed E-state index contributed by atoms with van der Waals surface area (Å²) in [6, 6.07) is 13.0. The van der Waals surface area contributed by atoms with Crippen molar-refractivity contribution in [1.29, 1.82) is 0 Å². The summed E-state index contributed by atoms with van der Waals surface area (Å²) < 4.78 is 14.8. The third kappa shape index (κ3) is 4.43. The zero-order valence-corrected chi connectivity index (χ0v) is 16.1. The highest BCUT2D eigenvalue weighted by Gasteiger charge is 2.21. The van der Waals surface area contributed by atoms with E-state index < -0.39 is 5.82 Å². The molecule has 2 amide bonds. The van der Waals surface area contributed by atoms with E-state index in [9.17, 15) is 14.0 Å². The van der Waals surface area contributed by atoms with Crippen LogP contribution in [-0.2, 0) is 9.59 Å². The third-order valence-electron chi connectivity index (χ3n) is 4.36. The second-order valence-corrected chi connectivity index (χ2v) is 7.33. The van der Waals surface area contributed by atoms with Crippen LogP contribution in [0, 0.1) is 5.82 Å². The summed E-state index contributed by atoms with van der Waals surface area (Å²) in [5.74, 6) is -0.420. The van der Waals surface area contributed by atoms with Crippen LogP contribution in [0.15, 0.2) is 53.7 Å². The summed E-state index contributed by atoms with van der Waals surface area (Å²) in [4.78, 5) is 25.8. The molecular formula is C19H17FN6O2S. The van der Waals surface area contributed by atoms with Gasteiger partial charge in [-0.25, -0.2) is 4.39 Å². The van der Waals surface area contributed by atoms with Crippen molar-refractivity contribution in [2.45, 2.75) is 18.0 Å². The lowest BCUT2D eigenvalue weighted by Crippen LogP contribution is -2.23. The van der Waals surface area contributed by atoms with Gasteiger partial charge in [0.25, 0.3) is 0 Å². The zero-order chi connectivity index (χ0) is 20.2. The molecule has 1 aromatic heterocycles. The van der Waals surface area contributed by atoms with Gasteiger partial charge in [0.05, 0.1) is 11.4 Å². The maximum Gasteiger partial charge on any atom is 0.234 e. The minimum absolute atomic E-state index is 0.0854. The Bertz CT molecular complexity index is 1040. The highest BCUT2D eigenvalue weighted by atomic mass is 32.2. The normalized spacial score (nSPS) is 13.7. The molecule has 0 spiro atoms. The predicted octanol–water partition coefficient (Wildman–Crippen LogP) is 2.66. The van der Waals surface area contributed by atoms with Gasteiger partial charge < -0.3 is 10.2 Å². The molecule has 1 aliphatic rings. The van der Waals surface area contributed by atoms with E-state index in [-0.39, 0.29) is 17.6 Å². The molecule has 29 heavy (non-hydrogen) atoms. The molecule has 1 aliphatic heterocycles. The fraction of sp³-hybridized carbons (Fsp3) is 0.211. The first-order valence-corrected chi connectivity index (χ1v) is 9.96. The maximum atomic E-state index is 13.4. The number of carbonyl (C=O) groups excluding carboxylic acids is 2. The molecule has 0 radical (unpaired) electrons. The van der Waals surface area contributed by atoms with Crippen LogP contribution in [0.25, 0.3) is 5.69 Å². The van der Waals surface area contributed by atoms with Gasteiger partial charge in [-0.05, 0) is 59.3 Å². The van der Waals surface area contributed by atoms with Crippen LogP contribution in [0.4, 0.5) is 15.8 Å². The fourth-order valence-corrected chi connectivity index (χ4v) is 3.70. The Labute approximate surface area is 170 Å². The van der Waals surface area contributed by atoms with Gasteiger partial charge in [0.1, 0.15) is 5.82 Å². The number of hydrogen-bond acceptors (Lipinski definition) is 6. The van der Waals surface area contributed by atoms with E-state index in [4.69, 9.17) is 0 Å². The number of rotatable bonds is 6. The maximum absolute atomic E-state index is 13.4. The first kappa shape index (κ1) is 19.1. The van der Waals surface area contributed by atoms with E-state index in [2.05, 4.69) is 20.8 Å². The zero-order valence-electron chi connectivity index (χ0n) is 15.3.